The molecule has 0 bridgehead atoms. The van der Waals surface area contributed by atoms with E-state index in [2.05, 4.69) is 4.98 Å². The molecule has 1 aliphatic heterocycles. The topological polar surface area (TPSA) is 84.4 Å². The largest absolute Gasteiger partial charge is 0.465 e. The van der Waals surface area contributed by atoms with Crippen LogP contribution in [0.5, 0.6) is 0 Å². The van der Waals surface area contributed by atoms with Gasteiger partial charge in [0.1, 0.15) is 6.54 Å². The number of nitrogens with one attached hydrogen (secondary N) is 1. The van der Waals surface area contributed by atoms with E-state index in [1.807, 2.05) is 6.07 Å². The summed E-state index contributed by atoms with van der Waals surface area (Å²) in [6.07, 6.45) is 2.32. The molecule has 1 amide bonds. The molecule has 7 heteroatoms. The maximum atomic E-state index is 12.7. The molecule has 1 N–H and O–H groups in total. The quantitative estimate of drug-likeness (QED) is 0.716. The fourth-order valence-electron chi connectivity index (χ4n) is 3.51. The van der Waals surface area contributed by atoms with E-state index in [9.17, 15) is 14.4 Å². The number of carbonyl (C=O) groups is 2. The van der Waals surface area contributed by atoms with E-state index >= 15 is 0 Å². The zero-order chi connectivity index (χ0) is 19.0. The van der Waals surface area contributed by atoms with Crippen LogP contribution in [0.25, 0.3) is 10.9 Å². The number of aromatic amines is 1. The summed E-state index contributed by atoms with van der Waals surface area (Å²) in [7, 11) is 1.35. The van der Waals surface area contributed by atoms with Crippen LogP contribution in [0.3, 0.4) is 0 Å². The van der Waals surface area contributed by atoms with Gasteiger partial charge < -0.3 is 19.2 Å². The van der Waals surface area contributed by atoms with Crippen molar-refractivity contribution in [2.75, 3.05) is 13.7 Å². The lowest BCUT2D eigenvalue weighted by Gasteiger charge is -2.27. The number of amides is 1. The average Bonchev–Trinajstić information content (AvgIpc) is 3.06. The molecule has 0 saturated heterocycles. The Hall–Kier alpha value is -3.35. The van der Waals surface area contributed by atoms with E-state index in [1.165, 1.54) is 17.7 Å². The molecule has 0 unspecified atom stereocenters. The second-order valence-electron chi connectivity index (χ2n) is 6.57. The van der Waals surface area contributed by atoms with E-state index in [0.29, 0.717) is 25.1 Å². The number of ether oxygens (including phenoxy) is 1. The minimum Gasteiger partial charge on any atom is -0.465 e. The van der Waals surface area contributed by atoms with Gasteiger partial charge in [0.05, 0.1) is 12.7 Å². The number of esters is 1. The lowest BCUT2D eigenvalue weighted by atomic mass is 10.0. The fraction of sp³-hybridized carbons (Fsp3) is 0.250. The summed E-state index contributed by atoms with van der Waals surface area (Å²) in [6, 6.07) is 10.2. The average molecular weight is 365 g/mol. The lowest BCUT2D eigenvalue weighted by Crippen LogP contribution is -2.39. The Morgan fingerprint density at radius 2 is 2.07 bits per heavy atom. The predicted octanol–water partition coefficient (Wildman–Crippen LogP) is 1.70. The van der Waals surface area contributed by atoms with E-state index in [1.54, 1.807) is 35.4 Å². The number of hydrogen-bond acceptors (Lipinski definition) is 4. The molecule has 0 aliphatic carbocycles. The number of carbonyl (C=O) groups excluding carboxylic acids is 2. The highest BCUT2D eigenvalue weighted by atomic mass is 16.5. The van der Waals surface area contributed by atoms with Gasteiger partial charge in [0.2, 0.25) is 5.91 Å². The highest BCUT2D eigenvalue weighted by molar-refractivity contribution is 5.96. The van der Waals surface area contributed by atoms with Crippen LogP contribution in [-0.4, -0.2) is 40.0 Å². The standard InChI is InChI=1S/C20H19N3O4/c1-27-20(26)13-5-6-16-14(10-13)15-11-23(9-7-17(15)21-16)19(25)12-22-8-3-2-4-18(22)24/h2-6,8,10,21H,7,9,11-12H2,1H3. The van der Waals surface area contributed by atoms with Crippen molar-refractivity contribution in [3.05, 3.63) is 69.8 Å². The number of methoxy groups -OCH3 is 1. The first-order valence-corrected chi connectivity index (χ1v) is 8.72. The van der Waals surface area contributed by atoms with E-state index < -0.39 is 0 Å². The van der Waals surface area contributed by atoms with Crippen LogP contribution in [0.15, 0.2) is 47.4 Å². The van der Waals surface area contributed by atoms with Crippen LogP contribution in [-0.2, 0) is 29.0 Å². The summed E-state index contributed by atoms with van der Waals surface area (Å²) in [5.74, 6) is -0.494. The maximum Gasteiger partial charge on any atom is 0.337 e. The zero-order valence-electron chi connectivity index (χ0n) is 14.9. The van der Waals surface area contributed by atoms with Gasteiger partial charge in [-0.1, -0.05) is 6.07 Å². The summed E-state index contributed by atoms with van der Waals surface area (Å²) in [4.78, 5) is 41.5. The molecule has 0 atom stereocenters. The third-order valence-electron chi connectivity index (χ3n) is 4.95. The van der Waals surface area contributed by atoms with Gasteiger partial charge in [0.15, 0.2) is 0 Å². The SMILES string of the molecule is COC(=O)c1ccc2[nH]c3c(c2c1)CN(C(=O)Cn1ccccc1=O)CC3. The van der Waals surface area contributed by atoms with Crippen molar-refractivity contribution < 1.29 is 14.3 Å². The molecule has 4 rings (SSSR count). The van der Waals surface area contributed by atoms with Gasteiger partial charge in [-0.25, -0.2) is 4.79 Å². The molecule has 0 radical (unpaired) electrons. The predicted molar refractivity (Wildman–Crippen MR) is 99.5 cm³/mol. The maximum absolute atomic E-state index is 12.7. The molecule has 2 aromatic heterocycles. The molecule has 1 aliphatic rings. The van der Waals surface area contributed by atoms with Gasteiger partial charge in [0, 0.05) is 53.9 Å². The highest BCUT2D eigenvalue weighted by Gasteiger charge is 2.24. The fourth-order valence-corrected chi connectivity index (χ4v) is 3.51. The number of H-pyrrole nitrogens is 1. The monoisotopic (exact) mass is 365 g/mol. The highest BCUT2D eigenvalue weighted by Crippen LogP contribution is 2.29. The van der Waals surface area contributed by atoms with Gasteiger partial charge in [-0.3, -0.25) is 9.59 Å². The zero-order valence-corrected chi connectivity index (χ0v) is 14.9. The van der Waals surface area contributed by atoms with E-state index in [0.717, 1.165) is 22.2 Å². The van der Waals surface area contributed by atoms with Crippen molar-refractivity contribution >= 4 is 22.8 Å². The normalized spacial score (nSPS) is 13.4. The van der Waals surface area contributed by atoms with E-state index in [4.69, 9.17) is 4.74 Å². The molecular weight excluding hydrogens is 346 g/mol. The summed E-state index contributed by atoms with van der Waals surface area (Å²) in [5, 5.41) is 0.919. The van der Waals surface area contributed by atoms with Gasteiger partial charge >= 0.3 is 5.97 Å². The van der Waals surface area contributed by atoms with Crippen molar-refractivity contribution in [3.63, 3.8) is 0 Å². The first kappa shape index (κ1) is 17.1. The first-order valence-electron chi connectivity index (χ1n) is 8.72. The number of rotatable bonds is 3. The van der Waals surface area contributed by atoms with Crippen LogP contribution in [0.4, 0.5) is 0 Å². The van der Waals surface area contributed by atoms with Gasteiger partial charge in [-0.05, 0) is 24.3 Å². The number of hydrogen-bond donors (Lipinski definition) is 1. The molecule has 3 aromatic rings. The summed E-state index contributed by atoms with van der Waals surface area (Å²) >= 11 is 0. The number of pyridine rings is 1. The lowest BCUT2D eigenvalue weighted by molar-refractivity contribution is -0.132. The Morgan fingerprint density at radius 3 is 2.85 bits per heavy atom. The molecule has 0 spiro atoms. The number of aromatic nitrogens is 2. The second-order valence-corrected chi connectivity index (χ2v) is 6.57. The van der Waals surface area contributed by atoms with Crippen LogP contribution >= 0.6 is 0 Å². The summed E-state index contributed by atoms with van der Waals surface area (Å²) in [6.45, 7) is 1.05. The van der Waals surface area contributed by atoms with Crippen molar-refractivity contribution in [2.45, 2.75) is 19.5 Å². The smallest absolute Gasteiger partial charge is 0.337 e. The molecule has 0 saturated carbocycles. The third kappa shape index (κ3) is 3.12. The number of nitrogens with zero attached hydrogens (tertiary/aromatic N) is 2. The molecule has 138 valence electrons. The van der Waals surface area contributed by atoms with Crippen LogP contribution in [0, 0.1) is 0 Å². The van der Waals surface area contributed by atoms with Crippen LogP contribution in [0.2, 0.25) is 0 Å². The van der Waals surface area contributed by atoms with Gasteiger partial charge in [-0.2, -0.15) is 0 Å². The molecular formula is C20H19N3O4. The number of benzene rings is 1. The first-order chi connectivity index (χ1) is 13.1. The van der Waals surface area contributed by atoms with Crippen LogP contribution < -0.4 is 5.56 Å². The Kier molecular flexibility index (Phi) is 4.27. The second kappa shape index (κ2) is 6.75. The van der Waals surface area contributed by atoms with E-state index in [-0.39, 0.29) is 24.0 Å². The summed E-state index contributed by atoms with van der Waals surface area (Å²) in [5.41, 5.74) is 3.30. The van der Waals surface area contributed by atoms with Crippen molar-refractivity contribution in [1.29, 1.82) is 0 Å². The molecule has 0 fully saturated rings. The Bertz CT molecular complexity index is 1100. The van der Waals surface area contributed by atoms with Gasteiger partial charge in [-0.15, -0.1) is 0 Å². The minimum absolute atomic E-state index is 0.0186. The molecule has 1 aromatic carbocycles. The van der Waals surface area contributed by atoms with Crippen LogP contribution in [0.1, 0.15) is 21.6 Å². The van der Waals surface area contributed by atoms with Crippen molar-refractivity contribution in [2.24, 2.45) is 0 Å². The Labute approximate surface area is 155 Å². The Morgan fingerprint density at radius 1 is 1.22 bits per heavy atom. The molecule has 7 nitrogen and oxygen atoms in total. The number of fused-ring (bicyclic) bond motifs is 3. The molecule has 27 heavy (non-hydrogen) atoms. The van der Waals surface area contributed by atoms with Crippen molar-refractivity contribution in [3.8, 4) is 0 Å². The summed E-state index contributed by atoms with van der Waals surface area (Å²) < 4.78 is 6.20. The third-order valence-corrected chi connectivity index (χ3v) is 4.95. The molecule has 3 heterocycles. The Balaban J connectivity index is 1.61. The minimum atomic E-state index is -0.390. The van der Waals surface area contributed by atoms with Gasteiger partial charge in [0.25, 0.3) is 5.56 Å². The van der Waals surface area contributed by atoms with Crippen molar-refractivity contribution in [1.82, 2.24) is 14.5 Å².